The molecule has 1 atom stereocenters. The van der Waals surface area contributed by atoms with Gasteiger partial charge in [-0.1, -0.05) is 54.2 Å². The number of hydrogen-bond acceptors (Lipinski definition) is 4. The summed E-state index contributed by atoms with van der Waals surface area (Å²) in [6.07, 6.45) is 1.68. The first kappa shape index (κ1) is 24.3. The van der Waals surface area contributed by atoms with Crippen LogP contribution in [0.2, 0.25) is 0 Å². The molecular formula is C27H23F2N3O2S. The Hall–Kier alpha value is -3.78. The van der Waals surface area contributed by atoms with E-state index in [-0.39, 0.29) is 35.1 Å². The number of carbonyl (C=O) groups is 2. The Labute approximate surface area is 206 Å². The second-order valence-corrected chi connectivity index (χ2v) is 8.91. The van der Waals surface area contributed by atoms with E-state index >= 15 is 0 Å². The Bertz CT molecular complexity index is 1280. The molecule has 0 aliphatic carbocycles. The summed E-state index contributed by atoms with van der Waals surface area (Å²) in [5.41, 5.74) is 2.30. The van der Waals surface area contributed by atoms with E-state index in [9.17, 15) is 18.4 Å². The highest BCUT2D eigenvalue weighted by molar-refractivity contribution is 8.14. The summed E-state index contributed by atoms with van der Waals surface area (Å²) in [7, 11) is 1.68. The van der Waals surface area contributed by atoms with Gasteiger partial charge in [0, 0.05) is 7.05 Å². The van der Waals surface area contributed by atoms with Crippen LogP contribution < -0.4 is 4.90 Å². The molecule has 1 unspecified atom stereocenters. The van der Waals surface area contributed by atoms with Crippen molar-refractivity contribution < 1.29 is 18.4 Å². The average Bonchev–Trinajstić information content (AvgIpc) is 3.18. The average molecular weight is 492 g/mol. The molecule has 2 amide bonds. The molecule has 0 saturated heterocycles. The number of anilines is 1. The lowest BCUT2D eigenvalue weighted by molar-refractivity contribution is -0.128. The van der Waals surface area contributed by atoms with E-state index < -0.39 is 5.82 Å². The van der Waals surface area contributed by atoms with Crippen molar-refractivity contribution in [2.75, 3.05) is 17.7 Å². The second-order valence-electron chi connectivity index (χ2n) is 7.97. The molecule has 0 aromatic heterocycles. The summed E-state index contributed by atoms with van der Waals surface area (Å²) in [6, 6.07) is 20.6. The highest BCUT2D eigenvalue weighted by atomic mass is 32.2. The van der Waals surface area contributed by atoms with E-state index in [0.29, 0.717) is 10.9 Å². The van der Waals surface area contributed by atoms with Gasteiger partial charge in [-0.3, -0.25) is 14.5 Å². The number of aliphatic imine (C=N–C) groups is 1. The number of rotatable bonds is 6. The van der Waals surface area contributed by atoms with Crippen LogP contribution >= 0.6 is 11.8 Å². The van der Waals surface area contributed by atoms with Crippen LogP contribution in [0.3, 0.4) is 0 Å². The standard InChI is InChI=1S/C27H23F2N3O2S/c1-18(20-8-10-21(28)11-9-20)31(2)25(33)17-35-27-30-24(16-19-6-4-3-5-7-19)26(34)32(27)23-14-12-22(29)13-15-23/h3-16,18H,17H2,1-2H3/b24-16-. The Balaban J connectivity index is 1.54. The molecule has 1 aliphatic heterocycles. The van der Waals surface area contributed by atoms with Crippen molar-refractivity contribution in [3.63, 3.8) is 0 Å². The van der Waals surface area contributed by atoms with E-state index in [4.69, 9.17) is 0 Å². The molecule has 0 saturated carbocycles. The van der Waals surface area contributed by atoms with Gasteiger partial charge < -0.3 is 4.90 Å². The largest absolute Gasteiger partial charge is 0.338 e. The lowest BCUT2D eigenvalue weighted by Crippen LogP contribution is -2.34. The van der Waals surface area contributed by atoms with Gasteiger partial charge in [0.05, 0.1) is 17.5 Å². The van der Waals surface area contributed by atoms with Crippen LogP contribution in [0.15, 0.2) is 89.6 Å². The Morgan fingerprint density at radius 3 is 2.23 bits per heavy atom. The summed E-state index contributed by atoms with van der Waals surface area (Å²) in [5, 5.41) is 0.333. The van der Waals surface area contributed by atoms with Crippen molar-refractivity contribution in [2.45, 2.75) is 13.0 Å². The minimum atomic E-state index is -0.418. The number of nitrogens with zero attached hydrogens (tertiary/aromatic N) is 3. The zero-order chi connectivity index (χ0) is 24.9. The zero-order valence-electron chi connectivity index (χ0n) is 19.2. The van der Waals surface area contributed by atoms with Gasteiger partial charge in [0.25, 0.3) is 5.91 Å². The van der Waals surface area contributed by atoms with E-state index in [1.165, 1.54) is 41.3 Å². The molecule has 8 heteroatoms. The molecule has 1 heterocycles. The van der Waals surface area contributed by atoms with Crippen LogP contribution in [-0.2, 0) is 9.59 Å². The van der Waals surface area contributed by atoms with Crippen LogP contribution in [0.25, 0.3) is 6.08 Å². The van der Waals surface area contributed by atoms with Gasteiger partial charge in [0.15, 0.2) is 5.17 Å². The van der Waals surface area contributed by atoms with E-state index in [0.717, 1.165) is 22.9 Å². The maximum Gasteiger partial charge on any atom is 0.283 e. The number of hydrogen-bond donors (Lipinski definition) is 0. The van der Waals surface area contributed by atoms with Crippen molar-refractivity contribution >= 4 is 40.5 Å². The first-order chi connectivity index (χ1) is 16.8. The predicted octanol–water partition coefficient (Wildman–Crippen LogP) is 5.66. The van der Waals surface area contributed by atoms with Crippen LogP contribution in [-0.4, -0.2) is 34.7 Å². The van der Waals surface area contributed by atoms with Crippen LogP contribution in [0.1, 0.15) is 24.1 Å². The lowest BCUT2D eigenvalue weighted by Gasteiger charge is -2.25. The van der Waals surface area contributed by atoms with Gasteiger partial charge in [0.1, 0.15) is 17.3 Å². The lowest BCUT2D eigenvalue weighted by atomic mass is 10.1. The molecule has 0 spiro atoms. The summed E-state index contributed by atoms with van der Waals surface area (Å²) in [5.74, 6) is -1.26. The molecule has 0 fully saturated rings. The Kier molecular flexibility index (Phi) is 7.41. The Morgan fingerprint density at radius 2 is 1.60 bits per heavy atom. The van der Waals surface area contributed by atoms with Crippen LogP contribution in [0, 0.1) is 11.6 Å². The van der Waals surface area contributed by atoms with Gasteiger partial charge in [-0.25, -0.2) is 13.8 Å². The van der Waals surface area contributed by atoms with Crippen LogP contribution in [0.5, 0.6) is 0 Å². The van der Waals surface area contributed by atoms with Gasteiger partial charge in [-0.15, -0.1) is 0 Å². The molecule has 0 radical (unpaired) electrons. The molecule has 4 rings (SSSR count). The molecule has 0 N–H and O–H groups in total. The molecule has 1 aliphatic rings. The smallest absolute Gasteiger partial charge is 0.283 e. The molecule has 5 nitrogen and oxygen atoms in total. The van der Waals surface area contributed by atoms with Crippen molar-refractivity contribution in [1.82, 2.24) is 4.90 Å². The maximum atomic E-state index is 13.5. The number of carbonyl (C=O) groups excluding carboxylic acids is 2. The number of thioether (sulfide) groups is 1. The minimum Gasteiger partial charge on any atom is -0.338 e. The van der Waals surface area contributed by atoms with Gasteiger partial charge in [-0.05, 0) is 60.5 Å². The third-order valence-corrected chi connectivity index (χ3v) is 6.59. The monoisotopic (exact) mass is 491 g/mol. The van der Waals surface area contributed by atoms with Gasteiger partial charge >= 0.3 is 0 Å². The molecular weight excluding hydrogens is 468 g/mol. The fourth-order valence-corrected chi connectivity index (χ4v) is 4.46. The molecule has 3 aromatic rings. The topological polar surface area (TPSA) is 53.0 Å². The summed E-state index contributed by atoms with van der Waals surface area (Å²) in [4.78, 5) is 33.6. The van der Waals surface area contributed by atoms with Gasteiger partial charge in [-0.2, -0.15) is 0 Å². The third-order valence-electron chi connectivity index (χ3n) is 5.67. The highest BCUT2D eigenvalue weighted by Crippen LogP contribution is 2.30. The van der Waals surface area contributed by atoms with Gasteiger partial charge in [0.2, 0.25) is 5.91 Å². The Morgan fingerprint density at radius 1 is 1.00 bits per heavy atom. The van der Waals surface area contributed by atoms with Crippen molar-refractivity contribution in [1.29, 1.82) is 0 Å². The molecule has 0 bridgehead atoms. The fraction of sp³-hybridized carbons (Fsp3) is 0.148. The number of benzene rings is 3. The fourth-order valence-electron chi connectivity index (χ4n) is 3.53. The normalized spacial score (nSPS) is 15.3. The number of halogens is 2. The summed E-state index contributed by atoms with van der Waals surface area (Å²) in [6.45, 7) is 1.86. The predicted molar refractivity (Wildman–Crippen MR) is 136 cm³/mol. The second kappa shape index (κ2) is 10.7. The summed E-state index contributed by atoms with van der Waals surface area (Å²) < 4.78 is 26.7. The van der Waals surface area contributed by atoms with E-state index in [1.807, 2.05) is 37.3 Å². The number of amides is 2. The first-order valence-corrected chi connectivity index (χ1v) is 11.9. The third kappa shape index (κ3) is 5.66. The molecule has 35 heavy (non-hydrogen) atoms. The quantitative estimate of drug-likeness (QED) is 0.418. The van der Waals surface area contributed by atoms with Crippen molar-refractivity contribution in [3.05, 3.63) is 107 Å². The zero-order valence-corrected chi connectivity index (χ0v) is 20.0. The van der Waals surface area contributed by atoms with Crippen LogP contribution in [0.4, 0.5) is 14.5 Å². The summed E-state index contributed by atoms with van der Waals surface area (Å²) >= 11 is 1.13. The minimum absolute atomic E-state index is 0.0322. The van der Waals surface area contributed by atoms with Crippen molar-refractivity contribution in [2.24, 2.45) is 4.99 Å². The maximum absolute atomic E-state index is 13.5. The first-order valence-electron chi connectivity index (χ1n) is 10.9. The highest BCUT2D eigenvalue weighted by Gasteiger charge is 2.33. The van der Waals surface area contributed by atoms with E-state index in [2.05, 4.69) is 4.99 Å². The SMILES string of the molecule is CC(c1ccc(F)cc1)N(C)C(=O)CSC1=N/C(=C\c2ccccc2)C(=O)N1c1ccc(F)cc1. The van der Waals surface area contributed by atoms with Crippen molar-refractivity contribution in [3.8, 4) is 0 Å². The number of amidine groups is 1. The van der Waals surface area contributed by atoms with E-state index in [1.54, 1.807) is 30.2 Å². The molecule has 3 aromatic carbocycles. The molecule has 178 valence electrons.